The van der Waals surface area contributed by atoms with Gasteiger partial charge in [0.05, 0.1) is 34.9 Å². The third-order valence-corrected chi connectivity index (χ3v) is 6.82. The summed E-state index contributed by atoms with van der Waals surface area (Å²) >= 11 is 0. The highest BCUT2D eigenvalue weighted by molar-refractivity contribution is 7.90. The van der Waals surface area contributed by atoms with Crippen molar-refractivity contribution >= 4 is 26.9 Å². The molecule has 0 unspecified atom stereocenters. The molecule has 31 heavy (non-hydrogen) atoms. The van der Waals surface area contributed by atoms with E-state index in [2.05, 4.69) is 0 Å². The van der Waals surface area contributed by atoms with Crippen molar-refractivity contribution in [2.24, 2.45) is 0 Å². The molecule has 0 aliphatic rings. The van der Waals surface area contributed by atoms with Crippen molar-refractivity contribution < 1.29 is 23.1 Å². The summed E-state index contributed by atoms with van der Waals surface area (Å²) in [6.07, 6.45) is 0. The second-order valence-corrected chi connectivity index (χ2v) is 8.99. The van der Waals surface area contributed by atoms with Crippen LogP contribution in [-0.4, -0.2) is 23.5 Å². The highest BCUT2D eigenvalue weighted by atomic mass is 32.2. The van der Waals surface area contributed by atoms with Crippen LogP contribution in [0.4, 0.5) is 0 Å². The maximum Gasteiger partial charge on any atom is 0.338 e. The Hall–Kier alpha value is -3.42. The van der Waals surface area contributed by atoms with Crippen molar-refractivity contribution in [3.05, 3.63) is 101 Å². The van der Waals surface area contributed by atoms with Crippen molar-refractivity contribution in [1.29, 1.82) is 0 Å². The number of aromatic carboxylic acids is 1. The van der Waals surface area contributed by atoms with Crippen molar-refractivity contribution in [2.75, 3.05) is 0 Å². The van der Waals surface area contributed by atoms with Gasteiger partial charge in [-0.25, -0.2) is 17.2 Å². The summed E-state index contributed by atoms with van der Waals surface area (Å²) in [5.74, 6) is -1.20. The van der Waals surface area contributed by atoms with Crippen LogP contribution in [-0.2, 0) is 28.0 Å². The Kier molecular flexibility index (Phi) is 5.63. The van der Waals surface area contributed by atoms with Crippen molar-refractivity contribution in [2.45, 2.75) is 25.0 Å². The summed E-state index contributed by atoms with van der Waals surface area (Å²) < 4.78 is 34.0. The topological polar surface area (TPSA) is 85.6 Å². The van der Waals surface area contributed by atoms with E-state index in [0.29, 0.717) is 10.9 Å². The summed E-state index contributed by atoms with van der Waals surface area (Å²) in [5, 5.41) is 10.3. The maximum atomic E-state index is 13.6. The fourth-order valence-electron chi connectivity index (χ4n) is 3.56. The molecule has 6 nitrogen and oxygen atoms in total. The van der Waals surface area contributed by atoms with E-state index in [9.17, 15) is 18.3 Å². The maximum absolute atomic E-state index is 13.6. The molecular formula is C24H21NO5S. The fraction of sp³-hybridized carbons (Fsp3) is 0.125. The summed E-state index contributed by atoms with van der Waals surface area (Å²) in [5.41, 5.74) is 2.15. The van der Waals surface area contributed by atoms with Gasteiger partial charge >= 0.3 is 5.97 Å². The molecule has 0 bridgehead atoms. The van der Waals surface area contributed by atoms with E-state index in [-0.39, 0.29) is 29.4 Å². The number of benzene rings is 3. The molecule has 0 saturated carbocycles. The molecule has 0 amide bonds. The average Bonchev–Trinajstić information content (AvgIpc) is 3.10. The number of carbonyl (C=O) groups is 1. The molecule has 0 fully saturated rings. The van der Waals surface area contributed by atoms with E-state index < -0.39 is 16.0 Å². The first-order valence-corrected chi connectivity index (χ1v) is 11.1. The monoisotopic (exact) mass is 435 g/mol. The van der Waals surface area contributed by atoms with Gasteiger partial charge in [-0.05, 0) is 30.7 Å². The van der Waals surface area contributed by atoms with Gasteiger partial charge in [-0.1, -0.05) is 66.2 Å². The standard InChI is InChI=1S/C24H21NO5S/c1-17-11-13-19(14-12-17)31(28,29)25-21-10-6-5-9-20(21)23(24(26)27)22(25)16-30-15-18-7-3-2-4-8-18/h2-14H,15-16H2,1H3,(H,26,27). The first-order chi connectivity index (χ1) is 14.9. The van der Waals surface area contributed by atoms with Crippen LogP contribution in [0.15, 0.2) is 83.8 Å². The number of hydrogen-bond donors (Lipinski definition) is 1. The number of carboxylic acid groups (broad SMARTS) is 1. The van der Waals surface area contributed by atoms with Gasteiger partial charge in [-0.2, -0.15) is 0 Å². The zero-order valence-electron chi connectivity index (χ0n) is 16.9. The van der Waals surface area contributed by atoms with Crippen molar-refractivity contribution in [3.8, 4) is 0 Å². The molecule has 158 valence electrons. The van der Waals surface area contributed by atoms with Gasteiger partial charge in [0.25, 0.3) is 10.0 Å². The molecule has 0 spiro atoms. The number of hydrogen-bond acceptors (Lipinski definition) is 4. The van der Waals surface area contributed by atoms with E-state index in [1.165, 1.54) is 12.1 Å². The number of rotatable bonds is 7. The van der Waals surface area contributed by atoms with E-state index in [1.54, 1.807) is 36.4 Å². The highest BCUT2D eigenvalue weighted by Crippen LogP contribution is 2.31. The third kappa shape index (κ3) is 3.97. The lowest BCUT2D eigenvalue weighted by Gasteiger charge is -2.13. The van der Waals surface area contributed by atoms with Crippen LogP contribution in [0.5, 0.6) is 0 Å². The summed E-state index contributed by atoms with van der Waals surface area (Å²) in [4.78, 5) is 12.2. The van der Waals surface area contributed by atoms with Crippen LogP contribution >= 0.6 is 0 Å². The van der Waals surface area contributed by atoms with Crippen LogP contribution in [0.25, 0.3) is 10.9 Å². The van der Waals surface area contributed by atoms with Crippen LogP contribution in [0, 0.1) is 6.92 Å². The molecule has 0 atom stereocenters. The minimum atomic E-state index is -4.05. The Morgan fingerprint density at radius 1 is 0.903 bits per heavy atom. The molecule has 3 aromatic carbocycles. The minimum Gasteiger partial charge on any atom is -0.478 e. The zero-order valence-corrected chi connectivity index (χ0v) is 17.7. The van der Waals surface area contributed by atoms with E-state index >= 15 is 0 Å². The molecule has 0 saturated heterocycles. The number of nitrogens with zero attached hydrogens (tertiary/aromatic N) is 1. The molecule has 1 heterocycles. The predicted octanol–water partition coefficient (Wildman–Crippen LogP) is 4.60. The number of aromatic nitrogens is 1. The smallest absolute Gasteiger partial charge is 0.338 e. The first kappa shape index (κ1) is 20.8. The molecule has 4 rings (SSSR count). The Morgan fingerprint density at radius 3 is 2.23 bits per heavy atom. The molecule has 1 aromatic heterocycles. The number of carboxylic acids is 1. The Bertz CT molecular complexity index is 1340. The van der Waals surface area contributed by atoms with Gasteiger partial charge in [0.15, 0.2) is 0 Å². The minimum absolute atomic E-state index is 0.0700. The van der Waals surface area contributed by atoms with E-state index in [0.717, 1.165) is 15.1 Å². The normalized spacial score (nSPS) is 11.6. The quantitative estimate of drug-likeness (QED) is 0.458. The lowest BCUT2D eigenvalue weighted by molar-refractivity contribution is 0.0685. The lowest BCUT2D eigenvalue weighted by Crippen LogP contribution is -2.18. The van der Waals surface area contributed by atoms with Crippen molar-refractivity contribution in [1.82, 2.24) is 3.97 Å². The Balaban J connectivity index is 1.86. The van der Waals surface area contributed by atoms with Crippen LogP contribution < -0.4 is 0 Å². The third-order valence-electron chi connectivity index (χ3n) is 5.05. The van der Waals surface area contributed by atoms with Gasteiger partial charge in [0.1, 0.15) is 0 Å². The number of aryl methyl sites for hydroxylation is 1. The summed E-state index contributed by atoms with van der Waals surface area (Å²) in [6, 6.07) is 22.5. The highest BCUT2D eigenvalue weighted by Gasteiger charge is 2.29. The van der Waals surface area contributed by atoms with Gasteiger partial charge in [0, 0.05) is 5.39 Å². The molecule has 4 aromatic rings. The number of ether oxygens (including phenoxy) is 1. The van der Waals surface area contributed by atoms with Crippen LogP contribution in [0.2, 0.25) is 0 Å². The molecule has 0 aliphatic heterocycles. The molecule has 7 heteroatoms. The summed E-state index contributed by atoms with van der Waals surface area (Å²) in [6.45, 7) is 1.93. The van der Waals surface area contributed by atoms with Gasteiger partial charge in [-0.3, -0.25) is 0 Å². The van der Waals surface area contributed by atoms with Crippen molar-refractivity contribution in [3.63, 3.8) is 0 Å². The lowest BCUT2D eigenvalue weighted by atomic mass is 10.1. The molecular weight excluding hydrogens is 414 g/mol. The molecule has 1 N–H and O–H groups in total. The Morgan fingerprint density at radius 2 is 1.55 bits per heavy atom. The van der Waals surface area contributed by atoms with Gasteiger partial charge < -0.3 is 9.84 Å². The predicted molar refractivity (Wildman–Crippen MR) is 118 cm³/mol. The molecule has 0 radical (unpaired) electrons. The largest absolute Gasteiger partial charge is 0.478 e. The van der Waals surface area contributed by atoms with Gasteiger partial charge in [-0.15, -0.1) is 0 Å². The van der Waals surface area contributed by atoms with E-state index in [1.807, 2.05) is 37.3 Å². The molecule has 0 aliphatic carbocycles. The first-order valence-electron chi connectivity index (χ1n) is 9.69. The number of fused-ring (bicyclic) bond motifs is 1. The fourth-order valence-corrected chi connectivity index (χ4v) is 5.11. The summed E-state index contributed by atoms with van der Waals surface area (Å²) in [7, 11) is -4.05. The Labute approximate surface area is 180 Å². The van der Waals surface area contributed by atoms with Crippen LogP contribution in [0.1, 0.15) is 27.2 Å². The zero-order chi connectivity index (χ0) is 22.0. The second-order valence-electron chi connectivity index (χ2n) is 7.20. The van der Waals surface area contributed by atoms with Crippen LogP contribution in [0.3, 0.4) is 0 Å². The SMILES string of the molecule is Cc1ccc(S(=O)(=O)n2c(COCc3ccccc3)c(C(=O)O)c3ccccc32)cc1. The average molecular weight is 436 g/mol. The second kappa shape index (κ2) is 8.37. The van der Waals surface area contributed by atoms with E-state index in [4.69, 9.17) is 4.74 Å². The van der Waals surface area contributed by atoms with Gasteiger partial charge in [0.2, 0.25) is 0 Å². The number of para-hydroxylation sites is 1.